The zero-order valence-corrected chi connectivity index (χ0v) is 21.1. The summed E-state index contributed by atoms with van der Waals surface area (Å²) in [6.45, 7) is 6.38. The topological polar surface area (TPSA) is 71.5 Å². The first-order valence-corrected chi connectivity index (χ1v) is 14.4. The van der Waals surface area contributed by atoms with E-state index in [1.807, 2.05) is 75.4 Å². The summed E-state index contributed by atoms with van der Waals surface area (Å²) in [5.74, 6) is 0.154. The van der Waals surface area contributed by atoms with Crippen molar-refractivity contribution in [1.29, 1.82) is 0 Å². The molecular weight excluding hydrogens is 454 g/mol. The van der Waals surface area contributed by atoms with Crippen molar-refractivity contribution in [3.63, 3.8) is 0 Å². The maximum Gasteiger partial charge on any atom is 0.218 e. The molecule has 176 valence electrons. The first-order chi connectivity index (χ1) is 15.5. The predicted molar refractivity (Wildman–Crippen MR) is 134 cm³/mol. The Hall–Kier alpha value is -2.48. The fourth-order valence-corrected chi connectivity index (χ4v) is 6.29. The second kappa shape index (κ2) is 10.2. The second-order valence-corrected chi connectivity index (χ2v) is 12.7. The molecule has 5 nitrogen and oxygen atoms in total. The molecule has 7 heteroatoms. The van der Waals surface area contributed by atoms with E-state index in [0.29, 0.717) is 6.54 Å². The van der Waals surface area contributed by atoms with Gasteiger partial charge in [0.1, 0.15) is 0 Å². The van der Waals surface area contributed by atoms with Gasteiger partial charge in [0.15, 0.2) is 9.84 Å². The van der Waals surface area contributed by atoms with Gasteiger partial charge in [-0.15, -0.1) is 0 Å². The van der Waals surface area contributed by atoms with Crippen LogP contribution in [0.5, 0.6) is 0 Å². The van der Waals surface area contributed by atoms with Crippen LogP contribution in [0.15, 0.2) is 83.8 Å². The Morgan fingerprint density at radius 1 is 0.727 bits per heavy atom. The van der Waals surface area contributed by atoms with E-state index < -0.39 is 19.9 Å². The molecule has 0 unspecified atom stereocenters. The van der Waals surface area contributed by atoms with Crippen molar-refractivity contribution in [3.8, 4) is 11.1 Å². The molecule has 0 N–H and O–H groups in total. The lowest BCUT2D eigenvalue weighted by atomic mass is 10.0. The molecule has 0 radical (unpaired) electrons. The van der Waals surface area contributed by atoms with Gasteiger partial charge in [-0.3, -0.25) is 0 Å². The molecule has 0 amide bonds. The average Bonchev–Trinajstić information content (AvgIpc) is 2.77. The number of sulfonamides is 1. The number of nitrogens with zero attached hydrogens (tertiary/aromatic N) is 1. The van der Waals surface area contributed by atoms with E-state index >= 15 is 0 Å². The molecule has 0 saturated heterocycles. The Morgan fingerprint density at radius 3 is 1.73 bits per heavy atom. The summed E-state index contributed by atoms with van der Waals surface area (Å²) in [5.41, 5.74) is 3.51. The molecule has 3 rings (SSSR count). The summed E-state index contributed by atoms with van der Waals surface area (Å²) in [7, 11) is -6.76. The van der Waals surface area contributed by atoms with Gasteiger partial charge >= 0.3 is 0 Å². The number of benzene rings is 3. The standard InChI is InChI=1S/C26H31NO4S2/c1-20(2)18-27(33(30,31)19-22-8-6-5-7-9-22)21(3)23-10-12-24(13-11-23)25-14-16-26(17-15-25)32(4,28)29/h5-17,20-21H,18-19H2,1-4H3/t21-/m1/s1. The monoisotopic (exact) mass is 485 g/mol. The van der Waals surface area contributed by atoms with Crippen LogP contribution in [0, 0.1) is 5.92 Å². The molecule has 0 heterocycles. The highest BCUT2D eigenvalue weighted by atomic mass is 32.2. The van der Waals surface area contributed by atoms with Crippen LogP contribution in [0.3, 0.4) is 0 Å². The minimum absolute atomic E-state index is 0.0321. The van der Waals surface area contributed by atoms with Gasteiger partial charge in [-0.2, -0.15) is 4.31 Å². The van der Waals surface area contributed by atoms with Crippen LogP contribution in [0.2, 0.25) is 0 Å². The molecule has 0 aliphatic carbocycles. The molecule has 3 aromatic rings. The van der Waals surface area contributed by atoms with Gasteiger partial charge in [0.2, 0.25) is 10.0 Å². The quantitative estimate of drug-likeness (QED) is 0.412. The van der Waals surface area contributed by atoms with E-state index in [4.69, 9.17) is 0 Å². The molecule has 1 atom stereocenters. The van der Waals surface area contributed by atoms with Crippen LogP contribution >= 0.6 is 0 Å². The van der Waals surface area contributed by atoms with E-state index in [1.54, 1.807) is 28.6 Å². The highest BCUT2D eigenvalue weighted by Crippen LogP contribution is 2.29. The van der Waals surface area contributed by atoms with Crippen molar-refractivity contribution in [2.75, 3.05) is 12.8 Å². The van der Waals surface area contributed by atoms with E-state index in [9.17, 15) is 16.8 Å². The lowest BCUT2D eigenvalue weighted by molar-refractivity contribution is 0.308. The van der Waals surface area contributed by atoms with Gasteiger partial charge in [0.25, 0.3) is 0 Å². The summed E-state index contributed by atoms with van der Waals surface area (Å²) in [6, 6.07) is 23.5. The van der Waals surface area contributed by atoms with E-state index in [-0.39, 0.29) is 22.6 Å². The summed E-state index contributed by atoms with van der Waals surface area (Å²) in [6.07, 6.45) is 1.19. The molecular formula is C26H31NO4S2. The zero-order valence-electron chi connectivity index (χ0n) is 19.5. The van der Waals surface area contributed by atoms with Crippen LogP contribution in [-0.2, 0) is 25.6 Å². The third-order valence-electron chi connectivity index (χ3n) is 5.54. The molecule has 3 aromatic carbocycles. The molecule has 0 saturated carbocycles. The minimum Gasteiger partial charge on any atom is -0.224 e. The highest BCUT2D eigenvalue weighted by molar-refractivity contribution is 7.90. The van der Waals surface area contributed by atoms with E-state index in [0.717, 1.165) is 22.3 Å². The maximum atomic E-state index is 13.3. The fourth-order valence-electron chi connectivity index (χ4n) is 3.76. The van der Waals surface area contributed by atoms with Crippen molar-refractivity contribution >= 4 is 19.9 Å². The molecule has 0 spiro atoms. The van der Waals surface area contributed by atoms with Gasteiger partial charge in [0, 0.05) is 18.8 Å². The van der Waals surface area contributed by atoms with Crippen molar-refractivity contribution in [2.45, 2.75) is 37.5 Å². The third kappa shape index (κ3) is 6.53. The fraction of sp³-hybridized carbons (Fsp3) is 0.308. The SMILES string of the molecule is CC(C)CN([C@H](C)c1ccc(-c2ccc(S(C)(=O)=O)cc2)cc1)S(=O)(=O)Cc1ccccc1. The van der Waals surface area contributed by atoms with E-state index in [2.05, 4.69) is 0 Å². The summed E-state index contributed by atoms with van der Waals surface area (Å²) >= 11 is 0. The van der Waals surface area contributed by atoms with Crippen molar-refractivity contribution < 1.29 is 16.8 Å². The normalized spacial score (nSPS) is 13.4. The van der Waals surface area contributed by atoms with Crippen LogP contribution < -0.4 is 0 Å². The van der Waals surface area contributed by atoms with Gasteiger partial charge in [-0.05, 0) is 47.2 Å². The first kappa shape index (κ1) is 25.1. The van der Waals surface area contributed by atoms with Crippen molar-refractivity contribution in [3.05, 3.63) is 90.0 Å². The average molecular weight is 486 g/mol. The largest absolute Gasteiger partial charge is 0.224 e. The van der Waals surface area contributed by atoms with Gasteiger partial charge in [-0.25, -0.2) is 16.8 Å². The third-order valence-corrected chi connectivity index (χ3v) is 8.54. The summed E-state index contributed by atoms with van der Waals surface area (Å²) in [5, 5.41) is 0. The molecule has 0 fully saturated rings. The molecule has 0 aliphatic rings. The number of rotatable bonds is 9. The smallest absolute Gasteiger partial charge is 0.218 e. The Kier molecular flexibility index (Phi) is 7.77. The molecule has 0 aromatic heterocycles. The zero-order chi connectivity index (χ0) is 24.2. The Bertz CT molecular complexity index is 1270. The van der Waals surface area contributed by atoms with E-state index in [1.165, 1.54) is 6.26 Å². The Balaban J connectivity index is 1.85. The Morgan fingerprint density at radius 2 is 1.24 bits per heavy atom. The van der Waals surface area contributed by atoms with Gasteiger partial charge < -0.3 is 0 Å². The number of hydrogen-bond acceptors (Lipinski definition) is 4. The summed E-state index contributed by atoms with van der Waals surface area (Å²) < 4.78 is 51.6. The maximum absolute atomic E-state index is 13.3. The highest BCUT2D eigenvalue weighted by Gasteiger charge is 2.29. The van der Waals surface area contributed by atoms with Crippen LogP contribution in [-0.4, -0.2) is 33.9 Å². The molecule has 0 aliphatic heterocycles. The van der Waals surface area contributed by atoms with Crippen LogP contribution in [0.25, 0.3) is 11.1 Å². The first-order valence-electron chi connectivity index (χ1n) is 10.9. The molecule has 0 bridgehead atoms. The van der Waals surface area contributed by atoms with Crippen molar-refractivity contribution in [2.24, 2.45) is 5.92 Å². The molecule has 33 heavy (non-hydrogen) atoms. The van der Waals surface area contributed by atoms with Crippen LogP contribution in [0.4, 0.5) is 0 Å². The van der Waals surface area contributed by atoms with Gasteiger partial charge in [-0.1, -0.05) is 80.6 Å². The second-order valence-electron chi connectivity index (χ2n) is 8.80. The van der Waals surface area contributed by atoms with Crippen LogP contribution in [0.1, 0.15) is 37.9 Å². The van der Waals surface area contributed by atoms with Gasteiger partial charge in [0.05, 0.1) is 10.6 Å². The number of hydrogen-bond donors (Lipinski definition) is 0. The van der Waals surface area contributed by atoms with Crippen molar-refractivity contribution in [1.82, 2.24) is 4.31 Å². The Labute approximate surface area is 198 Å². The summed E-state index contributed by atoms with van der Waals surface area (Å²) in [4.78, 5) is 0.282. The number of sulfone groups is 1. The lowest BCUT2D eigenvalue weighted by Crippen LogP contribution is -2.37. The lowest BCUT2D eigenvalue weighted by Gasteiger charge is -2.30. The minimum atomic E-state index is -3.52. The predicted octanol–water partition coefficient (Wildman–Crippen LogP) is 5.31.